The third-order valence-corrected chi connectivity index (χ3v) is 12.0. The highest BCUT2D eigenvalue weighted by molar-refractivity contribution is 7.26. The van der Waals surface area contributed by atoms with E-state index >= 15 is 0 Å². The Morgan fingerprint density at radius 1 is 0.314 bits per heavy atom. The number of furan rings is 2. The number of thiophene rings is 1. The van der Waals surface area contributed by atoms with Crippen molar-refractivity contribution in [1.82, 2.24) is 0 Å². The highest BCUT2D eigenvalue weighted by Crippen LogP contribution is 2.46. The van der Waals surface area contributed by atoms with Gasteiger partial charge in [-0.2, -0.15) is 0 Å². The van der Waals surface area contributed by atoms with Crippen LogP contribution in [-0.4, -0.2) is 0 Å². The smallest absolute Gasteiger partial charge is 0.136 e. The number of fused-ring (bicyclic) bond motifs is 13. The lowest BCUT2D eigenvalue weighted by Crippen LogP contribution is -1.90. The molecule has 0 saturated carbocycles. The molecule has 0 aliphatic carbocycles. The van der Waals surface area contributed by atoms with Gasteiger partial charge in [0.05, 0.1) is 0 Å². The molecule has 0 aliphatic heterocycles. The van der Waals surface area contributed by atoms with Gasteiger partial charge in [0.15, 0.2) is 0 Å². The Kier molecular flexibility index (Phi) is 5.41. The molecule has 0 radical (unpaired) electrons. The van der Waals surface area contributed by atoms with Gasteiger partial charge in [0, 0.05) is 41.7 Å². The Bertz CT molecular complexity index is 3370. The minimum absolute atomic E-state index is 0.904. The van der Waals surface area contributed by atoms with Crippen molar-refractivity contribution in [2.24, 2.45) is 0 Å². The summed E-state index contributed by atoms with van der Waals surface area (Å²) in [6.45, 7) is 0. The van der Waals surface area contributed by atoms with E-state index in [-0.39, 0.29) is 0 Å². The van der Waals surface area contributed by atoms with E-state index in [0.29, 0.717) is 0 Å². The van der Waals surface area contributed by atoms with Crippen molar-refractivity contribution in [2.75, 3.05) is 0 Å². The first-order chi connectivity index (χ1) is 25.3. The molecule has 3 heterocycles. The lowest BCUT2D eigenvalue weighted by molar-refractivity contribution is 0.669. The number of hydrogen-bond acceptors (Lipinski definition) is 3. The summed E-state index contributed by atoms with van der Waals surface area (Å²) in [4.78, 5) is 0. The van der Waals surface area contributed by atoms with E-state index in [4.69, 9.17) is 8.83 Å². The lowest BCUT2D eigenvalue weighted by Gasteiger charge is -2.18. The lowest BCUT2D eigenvalue weighted by atomic mass is 9.85. The Labute approximate surface area is 295 Å². The maximum absolute atomic E-state index is 6.60. The molecule has 3 heteroatoms. The maximum Gasteiger partial charge on any atom is 0.136 e. The normalized spacial score (nSPS) is 12.3. The Hall–Kier alpha value is -6.42. The Morgan fingerprint density at radius 3 is 1.49 bits per heavy atom. The van der Waals surface area contributed by atoms with Crippen LogP contribution in [0.3, 0.4) is 0 Å². The van der Waals surface area contributed by atoms with Gasteiger partial charge in [-0.25, -0.2) is 0 Å². The van der Waals surface area contributed by atoms with Gasteiger partial charge in [-0.3, -0.25) is 0 Å². The molecule has 51 heavy (non-hydrogen) atoms. The van der Waals surface area contributed by atoms with Crippen molar-refractivity contribution in [3.63, 3.8) is 0 Å². The minimum Gasteiger partial charge on any atom is -0.456 e. The van der Waals surface area contributed by atoms with Crippen molar-refractivity contribution in [3.05, 3.63) is 158 Å². The molecule has 0 saturated heterocycles. The van der Waals surface area contributed by atoms with Crippen LogP contribution < -0.4 is 0 Å². The summed E-state index contributed by atoms with van der Waals surface area (Å²) in [6.07, 6.45) is 0. The van der Waals surface area contributed by atoms with Crippen LogP contribution in [0.15, 0.2) is 167 Å². The first-order valence-corrected chi connectivity index (χ1v) is 18.1. The molecule has 12 rings (SSSR count). The summed E-state index contributed by atoms with van der Waals surface area (Å²) in [7, 11) is 0. The standard InChI is InChI=1S/C48H26O2S/c1-3-12-33-31(10-1)46(28-17-20-41-37(24-28)30-9-5-7-15-40(30)49-41)32-11-2-4-13-34(32)47(33)29-18-21-42-38(25-29)39-23-27-19-22-45-48(36(27)26-43(39)50-42)35-14-6-8-16-44(35)51-45/h1-26H. The number of para-hydroxylation sites is 1. The van der Waals surface area contributed by atoms with E-state index in [2.05, 4.69) is 146 Å². The van der Waals surface area contributed by atoms with Gasteiger partial charge < -0.3 is 8.83 Å². The molecule has 0 bridgehead atoms. The van der Waals surface area contributed by atoms with E-state index < -0.39 is 0 Å². The molecule has 0 spiro atoms. The van der Waals surface area contributed by atoms with Crippen LogP contribution in [0.5, 0.6) is 0 Å². The predicted octanol–water partition coefficient (Wildman–Crippen LogP) is 14.6. The minimum atomic E-state index is 0.904. The fraction of sp³-hybridized carbons (Fsp3) is 0. The van der Waals surface area contributed by atoms with Crippen LogP contribution in [0, 0.1) is 0 Å². The van der Waals surface area contributed by atoms with E-state index in [9.17, 15) is 0 Å². The van der Waals surface area contributed by atoms with Crippen LogP contribution in [0.25, 0.3) is 119 Å². The zero-order valence-electron chi connectivity index (χ0n) is 27.2. The largest absolute Gasteiger partial charge is 0.456 e. The molecule has 0 aliphatic rings. The van der Waals surface area contributed by atoms with Gasteiger partial charge in [0.25, 0.3) is 0 Å². The number of hydrogen-bond donors (Lipinski definition) is 0. The molecule has 2 nitrogen and oxygen atoms in total. The fourth-order valence-electron chi connectivity index (χ4n) is 8.61. The average Bonchev–Trinajstić information content (AvgIpc) is 3.86. The van der Waals surface area contributed by atoms with E-state index in [1.165, 1.54) is 74.7 Å². The van der Waals surface area contributed by atoms with Crippen LogP contribution in [0.1, 0.15) is 0 Å². The molecule has 0 atom stereocenters. The predicted molar refractivity (Wildman–Crippen MR) is 217 cm³/mol. The number of benzene rings is 9. The SMILES string of the molecule is c1ccc2c(c1)oc1ccc(-c3c4ccccc4c(-c4ccc5oc6cc7c(ccc8sc9ccccc9c87)cc6c5c4)c4ccccc34)cc12. The quantitative estimate of drug-likeness (QED) is 0.172. The zero-order valence-corrected chi connectivity index (χ0v) is 28.1. The molecule has 0 fully saturated rings. The van der Waals surface area contributed by atoms with Crippen molar-refractivity contribution >= 4 is 108 Å². The van der Waals surface area contributed by atoms with Crippen LogP contribution in [0.4, 0.5) is 0 Å². The third-order valence-electron chi connectivity index (χ3n) is 10.8. The summed E-state index contributed by atoms with van der Waals surface area (Å²) in [5.74, 6) is 0. The van der Waals surface area contributed by atoms with Gasteiger partial charge in [0.1, 0.15) is 22.3 Å². The van der Waals surface area contributed by atoms with Gasteiger partial charge in [0.2, 0.25) is 0 Å². The maximum atomic E-state index is 6.60. The third kappa shape index (κ3) is 3.81. The molecular formula is C48H26O2S. The monoisotopic (exact) mass is 666 g/mol. The molecule has 0 unspecified atom stereocenters. The molecule has 0 N–H and O–H groups in total. The van der Waals surface area contributed by atoms with Crippen molar-refractivity contribution < 1.29 is 8.83 Å². The summed E-state index contributed by atoms with van der Waals surface area (Å²) >= 11 is 1.85. The first-order valence-electron chi connectivity index (χ1n) is 17.3. The molecule has 3 aromatic heterocycles. The second kappa shape index (κ2) is 10.1. The highest BCUT2D eigenvalue weighted by atomic mass is 32.1. The van der Waals surface area contributed by atoms with E-state index in [1.54, 1.807) is 0 Å². The summed E-state index contributed by atoms with van der Waals surface area (Å²) in [6, 6.07) is 57.2. The number of rotatable bonds is 2. The molecule has 0 amide bonds. The van der Waals surface area contributed by atoms with E-state index in [1.807, 2.05) is 23.5 Å². The first kappa shape index (κ1) is 27.4. The van der Waals surface area contributed by atoms with Crippen LogP contribution >= 0.6 is 11.3 Å². The molecule has 12 aromatic rings. The zero-order chi connectivity index (χ0) is 33.2. The van der Waals surface area contributed by atoms with Gasteiger partial charge >= 0.3 is 0 Å². The second-order valence-corrected chi connectivity index (χ2v) is 14.7. The molecule has 9 aromatic carbocycles. The van der Waals surface area contributed by atoms with Crippen molar-refractivity contribution in [3.8, 4) is 22.3 Å². The van der Waals surface area contributed by atoms with Crippen LogP contribution in [-0.2, 0) is 0 Å². The highest BCUT2D eigenvalue weighted by Gasteiger charge is 2.19. The summed E-state index contributed by atoms with van der Waals surface area (Å²) in [5, 5.41) is 14.6. The topological polar surface area (TPSA) is 26.3 Å². The van der Waals surface area contributed by atoms with Gasteiger partial charge in [-0.1, -0.05) is 103 Å². The molecular weight excluding hydrogens is 641 g/mol. The molecule has 236 valence electrons. The second-order valence-electron chi connectivity index (χ2n) is 13.6. The summed E-state index contributed by atoms with van der Waals surface area (Å²) < 4.78 is 15.4. The van der Waals surface area contributed by atoms with Crippen molar-refractivity contribution in [2.45, 2.75) is 0 Å². The van der Waals surface area contributed by atoms with Crippen molar-refractivity contribution in [1.29, 1.82) is 0 Å². The van der Waals surface area contributed by atoms with Crippen LogP contribution in [0.2, 0.25) is 0 Å². The Balaban J connectivity index is 1.11. The fourth-order valence-corrected chi connectivity index (χ4v) is 9.73. The summed E-state index contributed by atoms with van der Waals surface area (Å²) in [5.41, 5.74) is 8.49. The average molecular weight is 667 g/mol. The van der Waals surface area contributed by atoms with E-state index in [0.717, 1.165) is 43.9 Å². The van der Waals surface area contributed by atoms with Gasteiger partial charge in [-0.15, -0.1) is 11.3 Å². The van der Waals surface area contributed by atoms with Gasteiger partial charge in [-0.05, 0) is 109 Å². The Morgan fingerprint density at radius 2 is 0.824 bits per heavy atom.